The number of hydrogen-bond donors (Lipinski definition) is 0. The highest BCUT2D eigenvalue weighted by Gasteiger charge is 2.25. The van der Waals surface area contributed by atoms with E-state index in [1.54, 1.807) is 12.1 Å². The molecule has 0 aliphatic rings. The lowest BCUT2D eigenvalue weighted by Gasteiger charge is -2.23. The Morgan fingerprint density at radius 2 is 1.88 bits per heavy atom. The molecule has 0 N–H and O–H groups in total. The van der Waals surface area contributed by atoms with Crippen molar-refractivity contribution in [3.63, 3.8) is 0 Å². The van der Waals surface area contributed by atoms with E-state index in [2.05, 4.69) is 6.58 Å². The molecule has 0 radical (unpaired) electrons. The van der Waals surface area contributed by atoms with Gasteiger partial charge in [-0.3, -0.25) is 4.31 Å². The van der Waals surface area contributed by atoms with Crippen LogP contribution in [0.15, 0.2) is 60.0 Å². The third kappa shape index (κ3) is 3.59. The van der Waals surface area contributed by atoms with Crippen LogP contribution in [-0.4, -0.2) is 22.1 Å². The SMILES string of the molecule is C=CCN(c1ccc(CC)cc1)S(=O)(=O)c1ccc(OC)c(F)c1. The van der Waals surface area contributed by atoms with Crippen molar-refractivity contribution >= 4 is 15.7 Å². The Bertz CT molecular complexity index is 817. The summed E-state index contributed by atoms with van der Waals surface area (Å²) in [5.74, 6) is -0.727. The monoisotopic (exact) mass is 349 g/mol. The minimum absolute atomic E-state index is 0.00322. The molecular weight excluding hydrogens is 329 g/mol. The summed E-state index contributed by atoms with van der Waals surface area (Å²) in [5.41, 5.74) is 1.61. The molecule has 0 bridgehead atoms. The average Bonchev–Trinajstić information content (AvgIpc) is 2.59. The first-order valence-electron chi connectivity index (χ1n) is 7.50. The molecule has 2 aromatic rings. The zero-order chi connectivity index (χ0) is 17.7. The molecule has 0 fully saturated rings. The Kier molecular flexibility index (Phi) is 5.62. The summed E-state index contributed by atoms with van der Waals surface area (Å²) >= 11 is 0. The van der Waals surface area contributed by atoms with E-state index in [9.17, 15) is 12.8 Å². The van der Waals surface area contributed by atoms with Gasteiger partial charge in [0.1, 0.15) is 0 Å². The van der Waals surface area contributed by atoms with Crippen LogP contribution >= 0.6 is 0 Å². The van der Waals surface area contributed by atoms with Crippen molar-refractivity contribution in [3.8, 4) is 5.75 Å². The molecular formula is C18H20FNO3S. The lowest BCUT2D eigenvalue weighted by molar-refractivity contribution is 0.385. The van der Waals surface area contributed by atoms with Gasteiger partial charge in [0.05, 0.1) is 24.2 Å². The van der Waals surface area contributed by atoms with E-state index >= 15 is 0 Å². The van der Waals surface area contributed by atoms with Gasteiger partial charge in [-0.2, -0.15) is 0 Å². The molecule has 0 amide bonds. The average molecular weight is 349 g/mol. The molecule has 0 spiro atoms. The fourth-order valence-electron chi connectivity index (χ4n) is 2.29. The van der Waals surface area contributed by atoms with Crippen molar-refractivity contribution in [2.24, 2.45) is 0 Å². The van der Waals surface area contributed by atoms with Gasteiger partial charge in [0, 0.05) is 0 Å². The number of sulfonamides is 1. The van der Waals surface area contributed by atoms with Gasteiger partial charge in [-0.15, -0.1) is 6.58 Å². The Hall–Kier alpha value is -2.34. The summed E-state index contributed by atoms with van der Waals surface area (Å²) in [5, 5.41) is 0. The van der Waals surface area contributed by atoms with E-state index in [0.717, 1.165) is 18.1 Å². The largest absolute Gasteiger partial charge is 0.494 e. The molecule has 6 heteroatoms. The summed E-state index contributed by atoms with van der Waals surface area (Å²) < 4.78 is 45.7. The number of anilines is 1. The van der Waals surface area contributed by atoms with Crippen LogP contribution in [0.2, 0.25) is 0 Å². The van der Waals surface area contributed by atoms with E-state index < -0.39 is 15.8 Å². The first-order chi connectivity index (χ1) is 11.4. The third-order valence-corrected chi connectivity index (χ3v) is 5.43. The first kappa shape index (κ1) is 18.0. The van der Waals surface area contributed by atoms with E-state index in [1.807, 2.05) is 19.1 Å². The number of rotatable bonds is 7. The summed E-state index contributed by atoms with van der Waals surface area (Å²) in [7, 11) is -2.59. The highest BCUT2D eigenvalue weighted by atomic mass is 32.2. The number of halogens is 1. The summed E-state index contributed by atoms with van der Waals surface area (Å²) in [6.45, 7) is 5.72. The normalized spacial score (nSPS) is 11.1. The number of hydrogen-bond acceptors (Lipinski definition) is 3. The van der Waals surface area contributed by atoms with Gasteiger partial charge in [-0.25, -0.2) is 12.8 Å². The second kappa shape index (κ2) is 7.49. The number of methoxy groups -OCH3 is 1. The molecule has 4 nitrogen and oxygen atoms in total. The third-order valence-electron chi connectivity index (χ3n) is 3.64. The fraction of sp³-hybridized carbons (Fsp3) is 0.222. The molecule has 2 aromatic carbocycles. The second-order valence-corrected chi connectivity index (χ2v) is 7.00. The van der Waals surface area contributed by atoms with Crippen molar-refractivity contribution in [1.29, 1.82) is 0 Å². The smallest absolute Gasteiger partial charge is 0.264 e. The van der Waals surface area contributed by atoms with Crippen molar-refractivity contribution in [2.75, 3.05) is 18.0 Å². The quantitative estimate of drug-likeness (QED) is 0.715. The highest BCUT2D eigenvalue weighted by molar-refractivity contribution is 7.92. The van der Waals surface area contributed by atoms with E-state index in [0.29, 0.717) is 5.69 Å². The van der Waals surface area contributed by atoms with Crippen LogP contribution in [0.25, 0.3) is 0 Å². The zero-order valence-corrected chi connectivity index (χ0v) is 14.5. The minimum atomic E-state index is -3.92. The molecule has 2 rings (SSSR count). The highest BCUT2D eigenvalue weighted by Crippen LogP contribution is 2.27. The van der Waals surface area contributed by atoms with Gasteiger partial charge in [-0.05, 0) is 42.3 Å². The number of aryl methyl sites for hydroxylation is 1. The standard InChI is InChI=1S/C18H20FNO3S/c1-4-12-20(15-8-6-14(5-2)7-9-15)24(21,22)16-10-11-18(23-3)17(19)13-16/h4,6-11,13H,1,5,12H2,2-3H3. The Morgan fingerprint density at radius 1 is 1.21 bits per heavy atom. The first-order valence-corrected chi connectivity index (χ1v) is 8.94. The molecule has 128 valence electrons. The zero-order valence-electron chi connectivity index (χ0n) is 13.7. The topological polar surface area (TPSA) is 46.6 Å². The van der Waals surface area contributed by atoms with E-state index in [-0.39, 0.29) is 17.2 Å². The summed E-state index contributed by atoms with van der Waals surface area (Å²) in [6, 6.07) is 10.8. The van der Waals surface area contributed by atoms with Crippen LogP contribution in [0.1, 0.15) is 12.5 Å². The molecule has 0 saturated carbocycles. The van der Waals surface area contributed by atoms with Gasteiger partial charge in [0.25, 0.3) is 10.0 Å². The van der Waals surface area contributed by atoms with Crippen LogP contribution in [0.4, 0.5) is 10.1 Å². The van der Waals surface area contributed by atoms with Gasteiger partial charge in [0.15, 0.2) is 11.6 Å². The maximum atomic E-state index is 13.9. The van der Waals surface area contributed by atoms with E-state index in [1.165, 1.54) is 29.6 Å². The van der Waals surface area contributed by atoms with Crippen molar-refractivity contribution in [2.45, 2.75) is 18.2 Å². The number of benzene rings is 2. The van der Waals surface area contributed by atoms with Gasteiger partial charge in [-0.1, -0.05) is 25.1 Å². The predicted molar refractivity (Wildman–Crippen MR) is 93.5 cm³/mol. The Balaban J connectivity index is 2.48. The lowest BCUT2D eigenvalue weighted by Crippen LogP contribution is -2.31. The van der Waals surface area contributed by atoms with E-state index in [4.69, 9.17) is 4.74 Å². The molecule has 0 heterocycles. The summed E-state index contributed by atoms with van der Waals surface area (Å²) in [4.78, 5) is -0.137. The van der Waals surface area contributed by atoms with Gasteiger partial charge < -0.3 is 4.74 Å². The van der Waals surface area contributed by atoms with Crippen LogP contribution in [0.3, 0.4) is 0 Å². The minimum Gasteiger partial charge on any atom is -0.494 e. The second-order valence-electron chi connectivity index (χ2n) is 5.14. The van der Waals surface area contributed by atoms with Gasteiger partial charge >= 0.3 is 0 Å². The fourth-order valence-corrected chi connectivity index (χ4v) is 3.74. The molecule has 0 aromatic heterocycles. The van der Waals surface area contributed by atoms with Crippen LogP contribution in [0, 0.1) is 5.82 Å². The van der Waals surface area contributed by atoms with Crippen molar-refractivity contribution in [1.82, 2.24) is 0 Å². The molecule has 0 aliphatic carbocycles. The predicted octanol–water partition coefficient (Wildman–Crippen LogP) is 3.78. The lowest BCUT2D eigenvalue weighted by atomic mass is 10.1. The van der Waals surface area contributed by atoms with Crippen molar-refractivity contribution in [3.05, 3.63) is 66.5 Å². The number of ether oxygens (including phenoxy) is 1. The maximum Gasteiger partial charge on any atom is 0.264 e. The maximum absolute atomic E-state index is 13.9. The molecule has 0 saturated heterocycles. The number of nitrogens with zero attached hydrogens (tertiary/aromatic N) is 1. The van der Waals surface area contributed by atoms with Gasteiger partial charge in [0.2, 0.25) is 0 Å². The van der Waals surface area contributed by atoms with Crippen molar-refractivity contribution < 1.29 is 17.5 Å². The molecule has 0 unspecified atom stereocenters. The van der Waals surface area contributed by atoms with Crippen LogP contribution in [0.5, 0.6) is 5.75 Å². The Labute approximate surface area is 142 Å². The molecule has 0 aliphatic heterocycles. The van der Waals surface area contributed by atoms with Crippen LogP contribution < -0.4 is 9.04 Å². The van der Waals surface area contributed by atoms with Crippen LogP contribution in [-0.2, 0) is 16.4 Å². The summed E-state index contributed by atoms with van der Waals surface area (Å²) in [6.07, 6.45) is 2.35. The molecule has 0 atom stereocenters. The molecule has 24 heavy (non-hydrogen) atoms. The Morgan fingerprint density at radius 3 is 2.38 bits per heavy atom.